The van der Waals surface area contributed by atoms with Gasteiger partial charge in [-0.3, -0.25) is 9.78 Å². The van der Waals surface area contributed by atoms with Crippen molar-refractivity contribution in [3.05, 3.63) is 48.0 Å². The lowest BCUT2D eigenvalue weighted by molar-refractivity contribution is -0.255. The highest BCUT2D eigenvalue weighted by molar-refractivity contribution is 6.01. The zero-order valence-corrected chi connectivity index (χ0v) is 12.3. The van der Waals surface area contributed by atoms with Crippen LogP contribution in [0, 0.1) is 0 Å². The average molecular weight is 316 g/mol. The van der Waals surface area contributed by atoms with Crippen LogP contribution in [0.2, 0.25) is 0 Å². The number of hydrogen-bond acceptors (Lipinski definition) is 7. The first kappa shape index (κ1) is 16.2. The van der Waals surface area contributed by atoms with Gasteiger partial charge in [0.15, 0.2) is 5.69 Å². The van der Waals surface area contributed by atoms with Crippen LogP contribution in [0.15, 0.2) is 36.7 Å². The van der Waals surface area contributed by atoms with E-state index in [0.29, 0.717) is 11.5 Å². The Morgan fingerprint density at radius 2 is 1.70 bits per heavy atom. The average Bonchev–Trinajstić information content (AvgIpc) is 2.59. The van der Waals surface area contributed by atoms with Crippen LogP contribution >= 0.6 is 0 Å². The van der Waals surface area contributed by atoms with Crippen LogP contribution < -0.4 is 19.9 Å². The van der Waals surface area contributed by atoms with Gasteiger partial charge in [0.1, 0.15) is 23.8 Å². The third-order valence-corrected chi connectivity index (χ3v) is 2.82. The lowest BCUT2D eigenvalue weighted by Crippen LogP contribution is -2.33. The number of carboxylic acid groups (broad SMARTS) is 1. The molecule has 0 aliphatic carbocycles. The summed E-state index contributed by atoms with van der Waals surface area (Å²) in [5.74, 6) is -0.883. The summed E-state index contributed by atoms with van der Waals surface area (Å²) in [6.45, 7) is 0.382. The van der Waals surface area contributed by atoms with E-state index in [2.05, 4.69) is 15.3 Å². The zero-order valence-electron chi connectivity index (χ0n) is 12.3. The Morgan fingerprint density at radius 1 is 1.09 bits per heavy atom. The Bertz CT molecular complexity index is 688. The van der Waals surface area contributed by atoms with Gasteiger partial charge in [0.05, 0.1) is 19.6 Å². The van der Waals surface area contributed by atoms with E-state index in [4.69, 9.17) is 9.47 Å². The SMILES string of the molecule is COc1ccc(OCCNC(=O)c2nccnc2C(=O)[O-])cc1. The number of aromatic carboxylic acids is 1. The molecule has 8 heteroatoms. The second-order valence-electron chi connectivity index (χ2n) is 4.32. The summed E-state index contributed by atoms with van der Waals surface area (Å²) in [6, 6.07) is 6.97. The molecule has 2 rings (SSSR count). The fraction of sp³-hybridized carbons (Fsp3) is 0.200. The lowest BCUT2D eigenvalue weighted by atomic mass is 10.3. The maximum atomic E-state index is 11.9. The van der Waals surface area contributed by atoms with Crippen molar-refractivity contribution >= 4 is 11.9 Å². The van der Waals surface area contributed by atoms with Gasteiger partial charge in [-0.15, -0.1) is 0 Å². The molecule has 0 aliphatic rings. The standard InChI is InChI=1S/C15H15N3O5/c1-22-10-2-4-11(5-3-10)23-9-8-18-14(19)12-13(15(20)21)17-7-6-16-12/h2-7H,8-9H2,1H3,(H,18,19)(H,20,21)/p-1. The summed E-state index contributed by atoms with van der Waals surface area (Å²) in [5.41, 5.74) is -0.793. The number of benzene rings is 1. The Kier molecular flexibility index (Phi) is 5.45. The van der Waals surface area contributed by atoms with Crippen LogP contribution in [0.1, 0.15) is 21.0 Å². The molecule has 0 spiro atoms. The van der Waals surface area contributed by atoms with Gasteiger partial charge in [-0.1, -0.05) is 0 Å². The molecular formula is C15H14N3O5-. The molecule has 0 bridgehead atoms. The lowest BCUT2D eigenvalue weighted by Gasteiger charge is -2.10. The number of carboxylic acids is 1. The minimum atomic E-state index is -1.56. The summed E-state index contributed by atoms with van der Waals surface area (Å²) in [6.07, 6.45) is 2.41. The van der Waals surface area contributed by atoms with E-state index >= 15 is 0 Å². The van der Waals surface area contributed by atoms with E-state index in [9.17, 15) is 14.7 Å². The van der Waals surface area contributed by atoms with Crippen LogP contribution in [0.5, 0.6) is 11.5 Å². The van der Waals surface area contributed by atoms with Gasteiger partial charge in [0, 0.05) is 12.4 Å². The fourth-order valence-corrected chi connectivity index (χ4v) is 1.74. The molecule has 0 radical (unpaired) electrons. The van der Waals surface area contributed by atoms with Crippen molar-refractivity contribution in [3.8, 4) is 11.5 Å². The Hall–Kier alpha value is -3.16. The summed E-state index contributed by atoms with van der Waals surface area (Å²) in [4.78, 5) is 30.0. The molecule has 1 amide bonds. The number of methoxy groups -OCH3 is 1. The maximum Gasteiger partial charge on any atom is 0.272 e. The molecule has 0 fully saturated rings. The molecule has 2 aromatic rings. The predicted molar refractivity (Wildman–Crippen MR) is 77.2 cm³/mol. The first-order chi connectivity index (χ1) is 11.1. The van der Waals surface area contributed by atoms with Gasteiger partial charge in [0.2, 0.25) is 0 Å². The predicted octanol–water partition coefficient (Wildman–Crippen LogP) is -0.342. The van der Waals surface area contributed by atoms with Gasteiger partial charge >= 0.3 is 0 Å². The molecule has 1 heterocycles. The number of aromatic nitrogens is 2. The second kappa shape index (κ2) is 7.74. The first-order valence-corrected chi connectivity index (χ1v) is 6.69. The van der Waals surface area contributed by atoms with Crippen LogP contribution in [0.3, 0.4) is 0 Å². The number of amides is 1. The number of nitrogens with one attached hydrogen (secondary N) is 1. The minimum Gasteiger partial charge on any atom is -0.543 e. The van der Waals surface area contributed by atoms with Gasteiger partial charge in [-0.2, -0.15) is 0 Å². The smallest absolute Gasteiger partial charge is 0.272 e. The molecule has 0 unspecified atom stereocenters. The van der Waals surface area contributed by atoms with E-state index in [1.807, 2.05) is 0 Å². The third kappa shape index (κ3) is 4.40. The van der Waals surface area contributed by atoms with Crippen molar-refractivity contribution in [2.24, 2.45) is 0 Å². The van der Waals surface area contributed by atoms with Gasteiger partial charge in [-0.25, -0.2) is 4.98 Å². The second-order valence-corrected chi connectivity index (χ2v) is 4.32. The fourth-order valence-electron chi connectivity index (χ4n) is 1.74. The number of ether oxygens (including phenoxy) is 2. The third-order valence-electron chi connectivity index (χ3n) is 2.82. The van der Waals surface area contributed by atoms with E-state index in [0.717, 1.165) is 0 Å². The summed E-state index contributed by atoms with van der Waals surface area (Å²) >= 11 is 0. The van der Waals surface area contributed by atoms with Gasteiger partial charge in [-0.05, 0) is 24.3 Å². The number of rotatable bonds is 7. The number of carbonyl (C=O) groups excluding carboxylic acids is 2. The normalized spacial score (nSPS) is 9.96. The number of nitrogens with zero attached hydrogens (tertiary/aromatic N) is 2. The molecular weight excluding hydrogens is 302 g/mol. The quantitative estimate of drug-likeness (QED) is 0.695. The van der Waals surface area contributed by atoms with Crippen molar-refractivity contribution in [3.63, 3.8) is 0 Å². The summed E-state index contributed by atoms with van der Waals surface area (Å²) in [5, 5.41) is 13.4. The van der Waals surface area contributed by atoms with Crippen LogP contribution in [-0.4, -0.2) is 42.1 Å². The van der Waals surface area contributed by atoms with Crippen molar-refractivity contribution < 1.29 is 24.2 Å². The van der Waals surface area contributed by atoms with E-state index < -0.39 is 17.6 Å². The van der Waals surface area contributed by atoms with Crippen molar-refractivity contribution in [1.29, 1.82) is 0 Å². The molecule has 120 valence electrons. The highest BCUT2D eigenvalue weighted by Gasteiger charge is 2.14. The monoisotopic (exact) mass is 316 g/mol. The van der Waals surface area contributed by atoms with Crippen LogP contribution in [-0.2, 0) is 0 Å². The Balaban J connectivity index is 1.84. The molecule has 1 N–H and O–H groups in total. The van der Waals surface area contributed by atoms with Gasteiger partial charge < -0.3 is 24.7 Å². The van der Waals surface area contributed by atoms with E-state index in [-0.39, 0.29) is 18.8 Å². The van der Waals surface area contributed by atoms with Gasteiger partial charge in [0.25, 0.3) is 5.91 Å². The number of hydrogen-bond donors (Lipinski definition) is 1. The molecule has 8 nitrogen and oxygen atoms in total. The summed E-state index contributed by atoms with van der Waals surface area (Å²) < 4.78 is 10.5. The highest BCUT2D eigenvalue weighted by Crippen LogP contribution is 2.16. The molecule has 23 heavy (non-hydrogen) atoms. The van der Waals surface area contributed by atoms with E-state index in [1.54, 1.807) is 31.4 Å². The van der Waals surface area contributed by atoms with E-state index in [1.165, 1.54) is 12.4 Å². The van der Waals surface area contributed by atoms with Crippen molar-refractivity contribution in [2.45, 2.75) is 0 Å². The highest BCUT2D eigenvalue weighted by atomic mass is 16.5. The zero-order chi connectivity index (χ0) is 16.7. The molecule has 0 atom stereocenters. The largest absolute Gasteiger partial charge is 0.543 e. The molecule has 0 saturated heterocycles. The Morgan fingerprint density at radius 3 is 2.30 bits per heavy atom. The molecule has 0 aliphatic heterocycles. The minimum absolute atomic E-state index is 0.175. The van der Waals surface area contributed by atoms with Crippen molar-refractivity contribution in [1.82, 2.24) is 15.3 Å². The molecule has 0 saturated carbocycles. The number of carbonyl (C=O) groups is 2. The first-order valence-electron chi connectivity index (χ1n) is 6.69. The molecule has 1 aromatic heterocycles. The topological polar surface area (TPSA) is 113 Å². The van der Waals surface area contributed by atoms with Crippen molar-refractivity contribution in [2.75, 3.05) is 20.3 Å². The summed E-state index contributed by atoms with van der Waals surface area (Å²) in [7, 11) is 1.57. The van der Waals surface area contributed by atoms with Crippen LogP contribution in [0.4, 0.5) is 0 Å². The maximum absolute atomic E-state index is 11.9. The Labute approximate surface area is 132 Å². The van der Waals surface area contributed by atoms with Crippen LogP contribution in [0.25, 0.3) is 0 Å². The molecule has 1 aromatic carbocycles.